The van der Waals surface area contributed by atoms with E-state index in [4.69, 9.17) is 0 Å². The van der Waals surface area contributed by atoms with Gasteiger partial charge in [0.2, 0.25) is 11.8 Å². The average molecular weight is 326 g/mol. The summed E-state index contributed by atoms with van der Waals surface area (Å²) < 4.78 is 0. The van der Waals surface area contributed by atoms with E-state index in [0.717, 1.165) is 24.2 Å². The van der Waals surface area contributed by atoms with E-state index in [-0.39, 0.29) is 18.2 Å². The number of aromatic amines is 1. The molecule has 126 valence electrons. The molecule has 1 aliphatic rings. The molecule has 3 rings (SSSR count). The van der Waals surface area contributed by atoms with E-state index in [0.29, 0.717) is 18.7 Å². The Bertz CT molecular complexity index is 711. The van der Waals surface area contributed by atoms with Crippen molar-refractivity contribution in [1.29, 1.82) is 0 Å². The van der Waals surface area contributed by atoms with Crippen LogP contribution in [0.25, 0.3) is 0 Å². The summed E-state index contributed by atoms with van der Waals surface area (Å²) in [7, 11) is 0. The first-order valence-corrected chi connectivity index (χ1v) is 8.25. The SMILES string of the molecule is Cc1cc(CC(=O)N[C@H]2CCCN(Cc3ccccc3)C2=O)n[nH]1. The van der Waals surface area contributed by atoms with Crippen LogP contribution in [0.2, 0.25) is 0 Å². The van der Waals surface area contributed by atoms with Crippen molar-refractivity contribution in [3.05, 3.63) is 53.3 Å². The van der Waals surface area contributed by atoms with Gasteiger partial charge < -0.3 is 10.2 Å². The number of likely N-dealkylation sites (tertiary alicyclic amines) is 1. The van der Waals surface area contributed by atoms with Crippen LogP contribution in [-0.2, 0) is 22.6 Å². The van der Waals surface area contributed by atoms with Gasteiger partial charge in [-0.25, -0.2) is 0 Å². The number of aryl methyl sites for hydroxylation is 1. The van der Waals surface area contributed by atoms with E-state index in [1.807, 2.05) is 48.2 Å². The molecule has 6 nitrogen and oxygen atoms in total. The standard InChI is InChI=1S/C18H22N4O2/c1-13-10-15(21-20-13)11-17(23)19-16-8-5-9-22(18(16)24)12-14-6-3-2-4-7-14/h2-4,6-7,10,16H,5,8-9,11-12H2,1H3,(H,19,23)(H,20,21)/t16-/m0/s1. The Morgan fingerprint density at radius 1 is 1.38 bits per heavy atom. The number of hydrogen-bond acceptors (Lipinski definition) is 3. The third-order valence-electron chi connectivity index (χ3n) is 4.18. The fourth-order valence-corrected chi connectivity index (χ4v) is 3.01. The van der Waals surface area contributed by atoms with Crippen LogP contribution in [0.15, 0.2) is 36.4 Å². The molecule has 0 unspecified atom stereocenters. The van der Waals surface area contributed by atoms with Gasteiger partial charge in [-0.15, -0.1) is 0 Å². The number of carbonyl (C=O) groups excluding carboxylic acids is 2. The number of rotatable bonds is 5. The molecule has 1 fully saturated rings. The smallest absolute Gasteiger partial charge is 0.245 e. The maximum atomic E-state index is 12.6. The molecule has 1 atom stereocenters. The molecule has 0 aliphatic carbocycles. The van der Waals surface area contributed by atoms with Crippen LogP contribution in [0.3, 0.4) is 0 Å². The largest absolute Gasteiger partial charge is 0.344 e. The van der Waals surface area contributed by atoms with Gasteiger partial charge in [-0.05, 0) is 31.4 Å². The lowest BCUT2D eigenvalue weighted by molar-refractivity contribution is -0.139. The lowest BCUT2D eigenvalue weighted by Crippen LogP contribution is -2.52. The summed E-state index contributed by atoms with van der Waals surface area (Å²) in [6, 6.07) is 11.3. The van der Waals surface area contributed by atoms with Crippen molar-refractivity contribution in [2.24, 2.45) is 0 Å². The molecular formula is C18H22N4O2. The third-order valence-corrected chi connectivity index (χ3v) is 4.18. The lowest BCUT2D eigenvalue weighted by Gasteiger charge is -2.32. The molecular weight excluding hydrogens is 304 g/mol. The molecule has 2 N–H and O–H groups in total. The number of hydrogen-bond donors (Lipinski definition) is 2. The molecule has 0 bridgehead atoms. The second kappa shape index (κ2) is 7.29. The summed E-state index contributed by atoms with van der Waals surface area (Å²) >= 11 is 0. The van der Waals surface area contributed by atoms with Crippen LogP contribution in [0.5, 0.6) is 0 Å². The Balaban J connectivity index is 1.57. The third kappa shape index (κ3) is 4.01. The van der Waals surface area contributed by atoms with Gasteiger partial charge in [0.1, 0.15) is 6.04 Å². The van der Waals surface area contributed by atoms with Crippen molar-refractivity contribution in [1.82, 2.24) is 20.4 Å². The molecule has 1 aliphatic heterocycles. The summed E-state index contributed by atoms with van der Waals surface area (Å²) in [5.41, 5.74) is 2.71. The van der Waals surface area contributed by atoms with Crippen molar-refractivity contribution in [3.8, 4) is 0 Å². The molecule has 0 spiro atoms. The Labute approximate surface area is 141 Å². The van der Waals surface area contributed by atoms with Gasteiger partial charge in [0.05, 0.1) is 12.1 Å². The zero-order chi connectivity index (χ0) is 16.9. The minimum atomic E-state index is -0.435. The Morgan fingerprint density at radius 2 is 2.17 bits per heavy atom. The highest BCUT2D eigenvalue weighted by molar-refractivity contribution is 5.88. The predicted molar refractivity (Wildman–Crippen MR) is 90.1 cm³/mol. The number of nitrogens with one attached hydrogen (secondary N) is 2. The molecule has 1 saturated heterocycles. The fraction of sp³-hybridized carbons (Fsp3) is 0.389. The van der Waals surface area contributed by atoms with Gasteiger partial charge in [0.15, 0.2) is 0 Å². The summed E-state index contributed by atoms with van der Waals surface area (Å²) in [5.74, 6) is -0.168. The molecule has 1 aromatic heterocycles. The molecule has 6 heteroatoms. The molecule has 24 heavy (non-hydrogen) atoms. The minimum absolute atomic E-state index is 0.00309. The van der Waals surface area contributed by atoms with Crippen LogP contribution in [-0.4, -0.2) is 39.5 Å². The first-order valence-electron chi connectivity index (χ1n) is 8.25. The van der Waals surface area contributed by atoms with Gasteiger partial charge in [-0.1, -0.05) is 30.3 Å². The van der Waals surface area contributed by atoms with Gasteiger partial charge in [-0.3, -0.25) is 14.7 Å². The number of nitrogens with zero attached hydrogens (tertiary/aromatic N) is 2. The molecule has 2 aromatic rings. The van der Waals surface area contributed by atoms with Crippen LogP contribution >= 0.6 is 0 Å². The summed E-state index contributed by atoms with van der Waals surface area (Å²) in [5, 5.41) is 9.73. The zero-order valence-corrected chi connectivity index (χ0v) is 13.8. The number of carbonyl (C=O) groups is 2. The number of amides is 2. The topological polar surface area (TPSA) is 78.1 Å². The van der Waals surface area contributed by atoms with E-state index < -0.39 is 6.04 Å². The lowest BCUT2D eigenvalue weighted by atomic mass is 10.0. The number of aromatic nitrogens is 2. The first-order chi connectivity index (χ1) is 11.6. The molecule has 0 saturated carbocycles. The van der Waals surface area contributed by atoms with Crippen molar-refractivity contribution in [2.45, 2.75) is 38.8 Å². The van der Waals surface area contributed by atoms with E-state index in [1.165, 1.54) is 0 Å². The monoisotopic (exact) mass is 326 g/mol. The number of H-pyrrole nitrogens is 1. The first kappa shape index (κ1) is 16.2. The minimum Gasteiger partial charge on any atom is -0.344 e. The van der Waals surface area contributed by atoms with E-state index in [9.17, 15) is 9.59 Å². The highest BCUT2D eigenvalue weighted by Gasteiger charge is 2.29. The number of piperidine rings is 1. The number of benzene rings is 1. The van der Waals surface area contributed by atoms with Crippen molar-refractivity contribution in [2.75, 3.05) is 6.54 Å². The highest BCUT2D eigenvalue weighted by Crippen LogP contribution is 2.15. The van der Waals surface area contributed by atoms with Gasteiger partial charge in [0, 0.05) is 18.8 Å². The second-order valence-electron chi connectivity index (χ2n) is 6.23. The van der Waals surface area contributed by atoms with Gasteiger partial charge in [0.25, 0.3) is 0 Å². The van der Waals surface area contributed by atoms with Gasteiger partial charge >= 0.3 is 0 Å². The molecule has 2 amide bonds. The van der Waals surface area contributed by atoms with E-state index in [1.54, 1.807) is 0 Å². The Kier molecular flexibility index (Phi) is 4.93. The molecule has 2 heterocycles. The van der Waals surface area contributed by atoms with Crippen LogP contribution < -0.4 is 5.32 Å². The Hall–Kier alpha value is -2.63. The molecule has 1 aromatic carbocycles. The van der Waals surface area contributed by atoms with E-state index >= 15 is 0 Å². The summed E-state index contributed by atoms with van der Waals surface area (Å²) in [4.78, 5) is 26.6. The van der Waals surface area contributed by atoms with Crippen LogP contribution in [0.1, 0.15) is 29.8 Å². The Morgan fingerprint density at radius 3 is 2.88 bits per heavy atom. The fourth-order valence-electron chi connectivity index (χ4n) is 3.01. The van der Waals surface area contributed by atoms with E-state index in [2.05, 4.69) is 15.5 Å². The predicted octanol–water partition coefficient (Wildman–Crippen LogP) is 1.57. The van der Waals surface area contributed by atoms with Gasteiger partial charge in [-0.2, -0.15) is 5.10 Å². The zero-order valence-electron chi connectivity index (χ0n) is 13.8. The molecule has 0 radical (unpaired) electrons. The quantitative estimate of drug-likeness (QED) is 0.875. The average Bonchev–Trinajstić information content (AvgIpc) is 2.97. The maximum absolute atomic E-state index is 12.6. The highest BCUT2D eigenvalue weighted by atomic mass is 16.2. The van der Waals surface area contributed by atoms with Crippen molar-refractivity contribution >= 4 is 11.8 Å². The maximum Gasteiger partial charge on any atom is 0.245 e. The summed E-state index contributed by atoms with van der Waals surface area (Å²) in [6.45, 7) is 3.21. The van der Waals surface area contributed by atoms with Crippen molar-refractivity contribution < 1.29 is 9.59 Å². The second-order valence-corrected chi connectivity index (χ2v) is 6.23. The van der Waals surface area contributed by atoms with Crippen LogP contribution in [0, 0.1) is 6.92 Å². The normalized spacial score (nSPS) is 17.8. The van der Waals surface area contributed by atoms with Crippen LogP contribution in [0.4, 0.5) is 0 Å². The van der Waals surface area contributed by atoms with Crippen molar-refractivity contribution in [3.63, 3.8) is 0 Å². The summed E-state index contributed by atoms with van der Waals surface area (Å²) in [6.07, 6.45) is 1.77.